The molecule has 4 aliphatic carbocycles. The molecule has 0 saturated heterocycles. The first-order chi connectivity index (χ1) is 8.19. The Morgan fingerprint density at radius 3 is 2.12 bits per heavy atom. The fourth-order valence-corrected chi connectivity index (χ4v) is 5.35. The molecular weight excluding hydrogens is 278 g/mol. The van der Waals surface area contributed by atoms with Crippen molar-refractivity contribution in [2.24, 2.45) is 29.6 Å². The highest BCUT2D eigenvalue weighted by atomic mass is 79.9. The van der Waals surface area contributed by atoms with Crippen molar-refractivity contribution in [3.05, 3.63) is 0 Å². The summed E-state index contributed by atoms with van der Waals surface area (Å²) >= 11 is 3.43. The second kappa shape index (κ2) is 4.56. The Balaban J connectivity index is 1.73. The largest absolute Gasteiger partial charge is 0.345 e. The first-order valence-electron chi connectivity index (χ1n) is 7.00. The van der Waals surface area contributed by atoms with E-state index in [1.807, 2.05) is 11.9 Å². The topological polar surface area (TPSA) is 20.3 Å². The van der Waals surface area contributed by atoms with Gasteiger partial charge in [0.15, 0.2) is 0 Å². The number of carbonyl (C=O) groups is 1. The molecule has 0 N–H and O–H groups in total. The van der Waals surface area contributed by atoms with Crippen LogP contribution in [0.15, 0.2) is 0 Å². The van der Waals surface area contributed by atoms with Crippen molar-refractivity contribution in [1.82, 2.24) is 4.90 Å². The Morgan fingerprint density at radius 2 is 1.65 bits per heavy atom. The van der Waals surface area contributed by atoms with Gasteiger partial charge in [0.2, 0.25) is 5.91 Å². The average molecular weight is 300 g/mol. The van der Waals surface area contributed by atoms with Crippen LogP contribution in [0, 0.1) is 29.6 Å². The lowest BCUT2D eigenvalue weighted by Crippen LogP contribution is -2.51. The molecule has 0 aromatic rings. The molecule has 0 unspecified atom stereocenters. The van der Waals surface area contributed by atoms with Crippen molar-refractivity contribution >= 4 is 21.8 Å². The molecule has 4 rings (SSSR count). The molecule has 0 radical (unpaired) electrons. The molecule has 0 aliphatic heterocycles. The second-order valence-electron chi connectivity index (χ2n) is 6.41. The maximum Gasteiger partial charge on any atom is 0.226 e. The van der Waals surface area contributed by atoms with E-state index in [0.717, 1.165) is 35.5 Å². The van der Waals surface area contributed by atoms with E-state index >= 15 is 0 Å². The molecule has 0 aromatic carbocycles. The van der Waals surface area contributed by atoms with Crippen molar-refractivity contribution in [3.8, 4) is 0 Å². The Labute approximate surface area is 112 Å². The van der Waals surface area contributed by atoms with Gasteiger partial charge in [0.05, 0.1) is 0 Å². The Morgan fingerprint density at radius 1 is 1.12 bits per heavy atom. The third-order valence-electron chi connectivity index (χ3n) is 5.31. The van der Waals surface area contributed by atoms with Crippen LogP contribution in [0.2, 0.25) is 0 Å². The number of amides is 1. The molecule has 3 heteroatoms. The fourth-order valence-electron chi connectivity index (χ4n) is 4.82. The second-order valence-corrected chi connectivity index (χ2v) is 7.20. The Hall–Kier alpha value is -0.0500. The number of carbonyl (C=O) groups excluding carboxylic acids is 1. The van der Waals surface area contributed by atoms with Crippen molar-refractivity contribution in [3.63, 3.8) is 0 Å². The monoisotopic (exact) mass is 299 g/mol. The molecule has 1 amide bonds. The van der Waals surface area contributed by atoms with Crippen LogP contribution in [0.3, 0.4) is 0 Å². The number of rotatable bonds is 3. The minimum Gasteiger partial charge on any atom is -0.345 e. The zero-order valence-electron chi connectivity index (χ0n) is 10.6. The van der Waals surface area contributed by atoms with Crippen LogP contribution in [0.25, 0.3) is 0 Å². The van der Waals surface area contributed by atoms with E-state index in [1.54, 1.807) is 0 Å². The maximum atomic E-state index is 12.5. The van der Waals surface area contributed by atoms with Gasteiger partial charge in [-0.15, -0.1) is 0 Å². The van der Waals surface area contributed by atoms with Gasteiger partial charge in [0.1, 0.15) is 0 Å². The number of hydrogen-bond acceptors (Lipinski definition) is 1. The zero-order chi connectivity index (χ0) is 12.0. The maximum absolute atomic E-state index is 12.5. The Bertz CT molecular complexity index is 289. The van der Waals surface area contributed by atoms with Gasteiger partial charge >= 0.3 is 0 Å². The summed E-state index contributed by atoms with van der Waals surface area (Å²) in [5.74, 6) is 4.16. The van der Waals surface area contributed by atoms with Crippen LogP contribution in [-0.2, 0) is 4.79 Å². The molecule has 0 aromatic heterocycles. The summed E-state index contributed by atoms with van der Waals surface area (Å²) in [4.78, 5) is 14.5. The minimum absolute atomic E-state index is 0.367. The first-order valence-corrected chi connectivity index (χ1v) is 8.12. The van der Waals surface area contributed by atoms with Gasteiger partial charge in [-0.05, 0) is 55.8 Å². The molecule has 4 fully saturated rings. The van der Waals surface area contributed by atoms with Crippen LogP contribution in [0.1, 0.15) is 32.1 Å². The lowest BCUT2D eigenvalue weighted by Gasteiger charge is -2.54. The number of alkyl halides is 1. The molecule has 4 aliphatic rings. The lowest BCUT2D eigenvalue weighted by molar-refractivity contribution is -0.147. The zero-order valence-corrected chi connectivity index (χ0v) is 12.2. The van der Waals surface area contributed by atoms with Gasteiger partial charge in [-0.2, -0.15) is 0 Å². The number of halogens is 1. The van der Waals surface area contributed by atoms with E-state index in [2.05, 4.69) is 15.9 Å². The van der Waals surface area contributed by atoms with Gasteiger partial charge < -0.3 is 4.90 Å². The predicted octanol–water partition coefficient (Wildman–Crippen LogP) is 2.91. The van der Waals surface area contributed by atoms with Gasteiger partial charge in [-0.25, -0.2) is 0 Å². The van der Waals surface area contributed by atoms with E-state index < -0.39 is 0 Å². The summed E-state index contributed by atoms with van der Waals surface area (Å²) in [6.07, 6.45) is 6.82. The fraction of sp³-hybridized carbons (Fsp3) is 0.929. The highest BCUT2D eigenvalue weighted by Gasteiger charge is 2.51. The molecule has 0 heterocycles. The van der Waals surface area contributed by atoms with Gasteiger partial charge in [-0.3, -0.25) is 4.79 Å². The van der Waals surface area contributed by atoms with Crippen molar-refractivity contribution in [1.29, 1.82) is 0 Å². The molecule has 96 valence electrons. The number of hydrogen-bond donors (Lipinski definition) is 0. The summed E-state index contributed by atoms with van der Waals surface area (Å²) in [5.41, 5.74) is 0. The Kier molecular flexibility index (Phi) is 3.22. The summed E-state index contributed by atoms with van der Waals surface area (Å²) in [6, 6.07) is 0. The van der Waals surface area contributed by atoms with E-state index in [0.29, 0.717) is 11.8 Å². The quantitative estimate of drug-likeness (QED) is 0.734. The van der Waals surface area contributed by atoms with Crippen LogP contribution >= 0.6 is 15.9 Å². The molecule has 4 bridgehead atoms. The molecule has 0 atom stereocenters. The van der Waals surface area contributed by atoms with Crippen molar-refractivity contribution in [2.45, 2.75) is 32.1 Å². The highest BCUT2D eigenvalue weighted by Crippen LogP contribution is 2.56. The van der Waals surface area contributed by atoms with Crippen molar-refractivity contribution < 1.29 is 4.79 Å². The van der Waals surface area contributed by atoms with Gasteiger partial charge in [-0.1, -0.05) is 15.9 Å². The van der Waals surface area contributed by atoms with E-state index in [-0.39, 0.29) is 0 Å². The third kappa shape index (κ3) is 2.05. The van der Waals surface area contributed by atoms with Crippen LogP contribution < -0.4 is 0 Å². The smallest absolute Gasteiger partial charge is 0.226 e. The molecule has 4 saturated carbocycles. The lowest BCUT2D eigenvalue weighted by atomic mass is 9.51. The average Bonchev–Trinajstić information content (AvgIpc) is 2.27. The third-order valence-corrected chi connectivity index (χ3v) is 5.66. The summed E-state index contributed by atoms with van der Waals surface area (Å²) in [6.45, 7) is 0.849. The van der Waals surface area contributed by atoms with Crippen LogP contribution in [0.5, 0.6) is 0 Å². The minimum atomic E-state index is 0.367. The number of nitrogens with zero attached hydrogens (tertiary/aromatic N) is 1. The predicted molar refractivity (Wildman–Crippen MR) is 72.0 cm³/mol. The van der Waals surface area contributed by atoms with E-state index in [1.165, 1.54) is 32.1 Å². The molecule has 0 spiro atoms. The van der Waals surface area contributed by atoms with Gasteiger partial charge in [0, 0.05) is 24.8 Å². The summed E-state index contributed by atoms with van der Waals surface area (Å²) < 4.78 is 0. The molecule has 17 heavy (non-hydrogen) atoms. The van der Waals surface area contributed by atoms with Gasteiger partial charge in [0.25, 0.3) is 0 Å². The highest BCUT2D eigenvalue weighted by molar-refractivity contribution is 9.09. The molecular formula is C14H22BrNO. The molecule has 2 nitrogen and oxygen atoms in total. The van der Waals surface area contributed by atoms with Crippen LogP contribution in [-0.4, -0.2) is 29.7 Å². The van der Waals surface area contributed by atoms with E-state index in [9.17, 15) is 4.79 Å². The standard InChI is InChI=1S/C14H22BrNO/c1-16(3-2-15)14(17)13-11-5-9-4-10(7-11)8-12(13)6-9/h9-13H,2-8H2,1H3. The van der Waals surface area contributed by atoms with E-state index in [4.69, 9.17) is 0 Å². The normalized spacial score (nSPS) is 42.8. The summed E-state index contributed by atoms with van der Waals surface area (Å²) in [7, 11) is 1.97. The van der Waals surface area contributed by atoms with Crippen LogP contribution in [0.4, 0.5) is 0 Å². The summed E-state index contributed by atoms with van der Waals surface area (Å²) in [5, 5.41) is 0.891. The van der Waals surface area contributed by atoms with Crippen molar-refractivity contribution in [2.75, 3.05) is 18.9 Å². The first kappa shape index (κ1) is 12.0. The SMILES string of the molecule is CN(CCBr)C(=O)C1C2CC3CC(C2)CC1C3.